The summed E-state index contributed by atoms with van der Waals surface area (Å²) in [5, 5.41) is 12.0. The van der Waals surface area contributed by atoms with Crippen LogP contribution in [0.3, 0.4) is 0 Å². The second-order valence-corrected chi connectivity index (χ2v) is 3.73. The maximum atomic E-state index is 11.6. The van der Waals surface area contributed by atoms with Crippen molar-refractivity contribution in [3.63, 3.8) is 0 Å². The summed E-state index contributed by atoms with van der Waals surface area (Å²) in [6, 6.07) is 4.68. The summed E-state index contributed by atoms with van der Waals surface area (Å²) >= 11 is 5.74. The summed E-state index contributed by atoms with van der Waals surface area (Å²) in [7, 11) is 0. The number of carbonyl (C=O) groups excluding carboxylic acids is 1. The molecule has 15 heavy (non-hydrogen) atoms. The van der Waals surface area contributed by atoms with E-state index in [1.165, 1.54) is 6.07 Å². The lowest BCUT2D eigenvalue weighted by atomic mass is 10.1. The van der Waals surface area contributed by atoms with Gasteiger partial charge in [-0.2, -0.15) is 0 Å². The number of halogens is 1. The fourth-order valence-electron chi connectivity index (χ4n) is 1.06. The first-order chi connectivity index (χ1) is 7.00. The summed E-state index contributed by atoms with van der Waals surface area (Å²) in [5.74, 6) is -0.337. The van der Waals surface area contributed by atoms with Gasteiger partial charge >= 0.3 is 0 Å². The molecule has 0 fully saturated rings. The minimum atomic E-state index is -0.589. The number of nitrogens with two attached hydrogens (primary N) is 1. The predicted octanol–water partition coefficient (Wildman–Crippen LogP) is 1.03. The van der Waals surface area contributed by atoms with Crippen LogP contribution in [0.1, 0.15) is 17.3 Å². The number of hydrogen-bond acceptors (Lipinski definition) is 3. The normalized spacial score (nSPS) is 12.2. The van der Waals surface area contributed by atoms with E-state index in [1.54, 1.807) is 19.1 Å². The van der Waals surface area contributed by atoms with Gasteiger partial charge < -0.3 is 16.2 Å². The first-order valence-corrected chi connectivity index (χ1v) is 4.90. The topological polar surface area (TPSA) is 75.3 Å². The molecule has 0 aliphatic heterocycles. The van der Waals surface area contributed by atoms with Crippen molar-refractivity contribution in [2.24, 2.45) is 0 Å². The highest BCUT2D eigenvalue weighted by Crippen LogP contribution is 2.17. The number of aliphatic hydroxyl groups excluding tert-OH is 1. The Labute approximate surface area is 93.0 Å². The Morgan fingerprint density at radius 2 is 2.33 bits per heavy atom. The van der Waals surface area contributed by atoms with Crippen molar-refractivity contribution in [2.45, 2.75) is 13.0 Å². The number of carbonyl (C=O) groups is 1. The molecule has 0 bridgehead atoms. The van der Waals surface area contributed by atoms with Crippen molar-refractivity contribution in [3.8, 4) is 0 Å². The van der Waals surface area contributed by atoms with Crippen LogP contribution in [0.5, 0.6) is 0 Å². The van der Waals surface area contributed by atoms with Gasteiger partial charge in [0.05, 0.1) is 11.7 Å². The number of aliphatic hydroxyl groups is 1. The standard InChI is InChI=1S/C10H13ClN2O2/c1-6(14)5-13-10(15)8-4-7(11)2-3-9(8)12/h2-4,6,14H,5,12H2,1H3,(H,13,15). The fraction of sp³-hybridized carbons (Fsp3) is 0.300. The molecule has 0 saturated heterocycles. The van der Waals surface area contributed by atoms with Gasteiger partial charge in [-0.15, -0.1) is 0 Å². The molecular weight excluding hydrogens is 216 g/mol. The molecule has 0 aromatic heterocycles. The van der Waals surface area contributed by atoms with Gasteiger partial charge in [-0.1, -0.05) is 11.6 Å². The molecule has 1 aromatic rings. The molecule has 0 aliphatic carbocycles. The fourth-order valence-corrected chi connectivity index (χ4v) is 1.23. The molecular formula is C10H13ClN2O2. The molecule has 0 aliphatic rings. The van der Waals surface area contributed by atoms with Crippen LogP contribution in [0.15, 0.2) is 18.2 Å². The Balaban J connectivity index is 2.77. The maximum Gasteiger partial charge on any atom is 0.253 e. The van der Waals surface area contributed by atoms with Gasteiger partial charge in [0.2, 0.25) is 0 Å². The molecule has 1 rings (SSSR count). The number of benzene rings is 1. The maximum absolute atomic E-state index is 11.6. The van der Waals surface area contributed by atoms with Crippen LogP contribution in [0.25, 0.3) is 0 Å². The quantitative estimate of drug-likeness (QED) is 0.677. The minimum absolute atomic E-state index is 0.185. The van der Waals surface area contributed by atoms with Gasteiger partial charge in [-0.3, -0.25) is 4.79 Å². The molecule has 1 aromatic carbocycles. The lowest BCUT2D eigenvalue weighted by molar-refractivity contribution is 0.0925. The third kappa shape index (κ3) is 3.42. The number of hydrogen-bond donors (Lipinski definition) is 3. The van der Waals surface area contributed by atoms with Crippen LogP contribution in [0.2, 0.25) is 5.02 Å². The van der Waals surface area contributed by atoms with Gasteiger partial charge in [-0.05, 0) is 25.1 Å². The van der Waals surface area contributed by atoms with Crippen molar-refractivity contribution >= 4 is 23.2 Å². The van der Waals surface area contributed by atoms with E-state index < -0.39 is 6.10 Å². The van der Waals surface area contributed by atoms with Crippen LogP contribution in [-0.2, 0) is 0 Å². The third-order valence-corrected chi connectivity index (χ3v) is 2.05. The molecule has 1 amide bonds. The second kappa shape index (κ2) is 5.00. The molecule has 1 atom stereocenters. The van der Waals surface area contributed by atoms with Crippen LogP contribution in [-0.4, -0.2) is 23.7 Å². The molecule has 1 unspecified atom stereocenters. The summed E-state index contributed by atoms with van der Waals surface area (Å²) in [5.41, 5.74) is 6.30. The van der Waals surface area contributed by atoms with Gasteiger partial charge in [0, 0.05) is 17.3 Å². The number of rotatable bonds is 3. The van der Waals surface area contributed by atoms with Crippen molar-refractivity contribution < 1.29 is 9.90 Å². The number of amides is 1. The summed E-state index contributed by atoms with van der Waals surface area (Å²) in [6.45, 7) is 1.77. The second-order valence-electron chi connectivity index (χ2n) is 3.29. The molecule has 0 radical (unpaired) electrons. The van der Waals surface area contributed by atoms with Gasteiger partial charge in [0.15, 0.2) is 0 Å². The molecule has 0 spiro atoms. The highest BCUT2D eigenvalue weighted by Gasteiger charge is 2.10. The van der Waals surface area contributed by atoms with Gasteiger partial charge in [0.1, 0.15) is 0 Å². The minimum Gasteiger partial charge on any atom is -0.398 e. The first-order valence-electron chi connectivity index (χ1n) is 4.52. The number of anilines is 1. The van der Waals surface area contributed by atoms with Crippen LogP contribution >= 0.6 is 11.6 Å². The van der Waals surface area contributed by atoms with Crippen LogP contribution in [0.4, 0.5) is 5.69 Å². The smallest absolute Gasteiger partial charge is 0.253 e. The van der Waals surface area contributed by atoms with Gasteiger partial charge in [0.25, 0.3) is 5.91 Å². The Morgan fingerprint density at radius 1 is 1.67 bits per heavy atom. The Kier molecular flexibility index (Phi) is 3.94. The van der Waals surface area contributed by atoms with E-state index in [4.69, 9.17) is 22.4 Å². The zero-order valence-electron chi connectivity index (χ0n) is 8.33. The van der Waals surface area contributed by atoms with E-state index in [0.29, 0.717) is 16.3 Å². The van der Waals surface area contributed by atoms with E-state index in [0.717, 1.165) is 0 Å². The van der Waals surface area contributed by atoms with Crippen molar-refractivity contribution in [3.05, 3.63) is 28.8 Å². The Morgan fingerprint density at radius 3 is 2.93 bits per heavy atom. The van der Waals surface area contributed by atoms with Crippen molar-refractivity contribution in [1.82, 2.24) is 5.32 Å². The molecule has 0 heterocycles. The Hall–Kier alpha value is -1.26. The summed E-state index contributed by atoms with van der Waals surface area (Å²) in [6.07, 6.45) is -0.589. The molecule has 4 N–H and O–H groups in total. The predicted molar refractivity (Wildman–Crippen MR) is 59.9 cm³/mol. The zero-order valence-corrected chi connectivity index (χ0v) is 9.08. The highest BCUT2D eigenvalue weighted by molar-refractivity contribution is 6.31. The molecule has 82 valence electrons. The van der Waals surface area contributed by atoms with E-state index in [2.05, 4.69) is 5.32 Å². The SMILES string of the molecule is CC(O)CNC(=O)c1cc(Cl)ccc1N. The molecule has 0 saturated carbocycles. The van der Waals surface area contributed by atoms with Crippen LogP contribution in [0, 0.1) is 0 Å². The third-order valence-electron chi connectivity index (χ3n) is 1.82. The molecule has 5 heteroatoms. The van der Waals surface area contributed by atoms with E-state index in [9.17, 15) is 4.79 Å². The molecule has 4 nitrogen and oxygen atoms in total. The summed E-state index contributed by atoms with van der Waals surface area (Å²) < 4.78 is 0. The first kappa shape index (κ1) is 11.8. The monoisotopic (exact) mass is 228 g/mol. The summed E-state index contributed by atoms with van der Waals surface area (Å²) in [4.78, 5) is 11.6. The average Bonchev–Trinajstić information content (AvgIpc) is 2.18. The van der Waals surface area contributed by atoms with E-state index >= 15 is 0 Å². The number of nitrogen functional groups attached to an aromatic ring is 1. The zero-order chi connectivity index (χ0) is 11.4. The highest BCUT2D eigenvalue weighted by atomic mass is 35.5. The van der Waals surface area contributed by atoms with Crippen molar-refractivity contribution in [1.29, 1.82) is 0 Å². The Bertz CT molecular complexity index is 366. The average molecular weight is 229 g/mol. The van der Waals surface area contributed by atoms with Crippen molar-refractivity contribution in [2.75, 3.05) is 12.3 Å². The van der Waals surface area contributed by atoms with E-state index in [1.807, 2.05) is 0 Å². The number of nitrogens with one attached hydrogen (secondary N) is 1. The largest absolute Gasteiger partial charge is 0.398 e. The lowest BCUT2D eigenvalue weighted by Gasteiger charge is -2.09. The van der Waals surface area contributed by atoms with Gasteiger partial charge in [-0.25, -0.2) is 0 Å². The van der Waals surface area contributed by atoms with E-state index in [-0.39, 0.29) is 12.5 Å². The van der Waals surface area contributed by atoms with Crippen LogP contribution < -0.4 is 11.1 Å². The lowest BCUT2D eigenvalue weighted by Crippen LogP contribution is -2.31.